The number of halogens is 4. The largest absolute Gasteiger partial charge is 0.427 e. The summed E-state index contributed by atoms with van der Waals surface area (Å²) in [4.78, 5) is 16.7. The van der Waals surface area contributed by atoms with Crippen molar-refractivity contribution in [2.24, 2.45) is 5.73 Å². The third-order valence-corrected chi connectivity index (χ3v) is 5.69. The van der Waals surface area contributed by atoms with Crippen LogP contribution in [0.5, 0.6) is 0 Å². The average molecular weight is 448 g/mol. The van der Waals surface area contributed by atoms with E-state index in [1.54, 1.807) is 6.20 Å². The van der Waals surface area contributed by atoms with Crippen molar-refractivity contribution in [3.63, 3.8) is 0 Å². The number of aromatic nitrogens is 1. The molecular weight excluding hydrogens is 432 g/mol. The van der Waals surface area contributed by atoms with Crippen molar-refractivity contribution < 1.29 is 22.4 Å². The van der Waals surface area contributed by atoms with Gasteiger partial charge in [-0.3, -0.25) is 4.79 Å². The first-order valence-corrected chi connectivity index (χ1v) is 10.1. The average Bonchev–Trinajstić information content (AvgIpc) is 3.30. The van der Waals surface area contributed by atoms with E-state index in [1.807, 2.05) is 24.3 Å². The maximum atomic E-state index is 13.7. The Morgan fingerprint density at radius 1 is 1.29 bits per heavy atom. The molecule has 0 aliphatic carbocycles. The summed E-state index contributed by atoms with van der Waals surface area (Å²) in [6, 6.07) is 10.2. The van der Waals surface area contributed by atoms with E-state index < -0.39 is 23.6 Å². The maximum Gasteiger partial charge on any atom is 0.427 e. The summed E-state index contributed by atoms with van der Waals surface area (Å²) in [6.45, 7) is 0.284. The number of nitrogens with one attached hydrogen (secondary N) is 2. The molecule has 1 unspecified atom stereocenters. The molecular formula is C21H16F4N4OS. The zero-order valence-corrected chi connectivity index (χ0v) is 16.8. The van der Waals surface area contributed by atoms with Crippen LogP contribution in [0, 0.1) is 17.9 Å². The van der Waals surface area contributed by atoms with E-state index in [4.69, 9.17) is 5.73 Å². The van der Waals surface area contributed by atoms with Crippen molar-refractivity contribution in [2.75, 3.05) is 17.2 Å². The Hall–Kier alpha value is -3.16. The predicted octanol–water partition coefficient (Wildman–Crippen LogP) is 4.04. The lowest BCUT2D eigenvalue weighted by molar-refractivity contribution is -0.140. The van der Waals surface area contributed by atoms with Gasteiger partial charge in [0.2, 0.25) is 5.91 Å². The monoisotopic (exact) mass is 448 g/mol. The third-order valence-electron chi connectivity index (χ3n) is 4.69. The Morgan fingerprint density at radius 2 is 2.10 bits per heavy atom. The molecule has 2 aromatic carbocycles. The van der Waals surface area contributed by atoms with Gasteiger partial charge in [0, 0.05) is 30.0 Å². The van der Waals surface area contributed by atoms with Gasteiger partial charge < -0.3 is 16.4 Å². The van der Waals surface area contributed by atoms with Gasteiger partial charge in [-0.2, -0.15) is 13.2 Å². The number of carbonyl (C=O) groups excluding carboxylic acids is 1. The SMILES string of the molecule is NC(CNc1ncc(-c2ccc3c(c2)CC(=O)N3)s1)Cc1c#cc(C(F)(F)F)c(F)c1. The molecule has 0 radical (unpaired) electrons. The third kappa shape index (κ3) is 4.78. The molecule has 31 heavy (non-hydrogen) atoms. The number of carbonyl (C=O) groups is 1. The molecule has 0 saturated heterocycles. The lowest BCUT2D eigenvalue weighted by Gasteiger charge is -2.12. The number of alkyl halides is 3. The van der Waals surface area contributed by atoms with Gasteiger partial charge >= 0.3 is 6.18 Å². The number of anilines is 2. The number of fused-ring (bicyclic) bond motifs is 1. The van der Waals surface area contributed by atoms with Crippen LogP contribution >= 0.6 is 11.3 Å². The quantitative estimate of drug-likeness (QED) is 0.497. The van der Waals surface area contributed by atoms with Crippen LogP contribution in [-0.4, -0.2) is 23.5 Å². The summed E-state index contributed by atoms with van der Waals surface area (Å²) in [5.41, 5.74) is 7.45. The van der Waals surface area contributed by atoms with Crippen molar-refractivity contribution in [3.05, 3.63) is 65.1 Å². The topological polar surface area (TPSA) is 80.0 Å². The second-order valence-electron chi connectivity index (χ2n) is 7.11. The Kier molecular flexibility index (Phi) is 5.56. The molecule has 0 bridgehead atoms. The van der Waals surface area contributed by atoms with Gasteiger partial charge in [-0.05, 0) is 35.7 Å². The van der Waals surface area contributed by atoms with Crippen LogP contribution in [-0.2, 0) is 23.8 Å². The molecule has 10 heteroatoms. The van der Waals surface area contributed by atoms with E-state index in [2.05, 4.69) is 21.7 Å². The van der Waals surface area contributed by atoms with Crippen molar-refractivity contribution in [2.45, 2.75) is 25.1 Å². The molecule has 1 amide bonds. The van der Waals surface area contributed by atoms with Crippen LogP contribution in [0.25, 0.3) is 10.4 Å². The van der Waals surface area contributed by atoms with Crippen molar-refractivity contribution in [1.82, 2.24) is 4.98 Å². The lowest BCUT2D eigenvalue weighted by Crippen LogP contribution is -2.31. The summed E-state index contributed by atoms with van der Waals surface area (Å²) >= 11 is 1.41. The molecule has 4 rings (SSSR count). The minimum atomic E-state index is -4.81. The first-order valence-electron chi connectivity index (χ1n) is 9.27. The van der Waals surface area contributed by atoms with Crippen LogP contribution in [0.15, 0.2) is 30.5 Å². The first kappa shape index (κ1) is 21.1. The molecule has 1 aromatic heterocycles. The van der Waals surface area contributed by atoms with Gasteiger partial charge in [-0.1, -0.05) is 29.5 Å². The number of amides is 1. The second kappa shape index (κ2) is 8.17. The van der Waals surface area contributed by atoms with Gasteiger partial charge in [0.1, 0.15) is 11.4 Å². The van der Waals surface area contributed by atoms with Crippen LogP contribution in [0.3, 0.4) is 0 Å². The molecule has 160 valence electrons. The molecule has 1 aliphatic rings. The number of hydrogen-bond donors (Lipinski definition) is 3. The summed E-state index contributed by atoms with van der Waals surface area (Å²) in [7, 11) is 0. The summed E-state index contributed by atoms with van der Waals surface area (Å²) in [6.07, 6.45) is -2.63. The molecule has 1 atom stereocenters. The maximum absolute atomic E-state index is 13.7. The number of hydrogen-bond acceptors (Lipinski definition) is 5. The van der Waals surface area contributed by atoms with Crippen LogP contribution in [0.1, 0.15) is 16.7 Å². The first-order chi connectivity index (χ1) is 14.7. The smallest absolute Gasteiger partial charge is 0.360 e. The van der Waals surface area contributed by atoms with E-state index in [9.17, 15) is 22.4 Å². The predicted molar refractivity (Wildman–Crippen MR) is 109 cm³/mol. The van der Waals surface area contributed by atoms with E-state index in [0.29, 0.717) is 11.6 Å². The van der Waals surface area contributed by atoms with Gasteiger partial charge in [0.05, 0.1) is 11.3 Å². The normalized spacial score (nSPS) is 14.0. The van der Waals surface area contributed by atoms with E-state index >= 15 is 0 Å². The summed E-state index contributed by atoms with van der Waals surface area (Å²) < 4.78 is 51.5. The Labute approximate surface area is 179 Å². The molecule has 3 aromatic rings. The Morgan fingerprint density at radius 3 is 2.84 bits per heavy atom. The molecule has 2 heterocycles. The lowest BCUT2D eigenvalue weighted by atomic mass is 10.1. The zero-order chi connectivity index (χ0) is 22.2. The molecule has 0 saturated carbocycles. The number of nitrogens with zero attached hydrogens (tertiary/aromatic N) is 1. The van der Waals surface area contributed by atoms with Crippen molar-refractivity contribution in [1.29, 1.82) is 0 Å². The van der Waals surface area contributed by atoms with E-state index in [0.717, 1.165) is 27.8 Å². The highest BCUT2D eigenvalue weighted by Gasteiger charge is 2.34. The van der Waals surface area contributed by atoms with Gasteiger partial charge in [-0.25, -0.2) is 9.37 Å². The second-order valence-corrected chi connectivity index (χ2v) is 8.14. The van der Waals surface area contributed by atoms with E-state index in [1.165, 1.54) is 11.3 Å². The Bertz CT molecular complexity index is 1130. The molecule has 0 spiro atoms. The summed E-state index contributed by atoms with van der Waals surface area (Å²) in [5, 5.41) is 6.49. The van der Waals surface area contributed by atoms with Crippen molar-refractivity contribution >= 4 is 28.1 Å². The minimum Gasteiger partial charge on any atom is -0.360 e. The van der Waals surface area contributed by atoms with Gasteiger partial charge in [0.15, 0.2) is 5.13 Å². The van der Waals surface area contributed by atoms with Gasteiger partial charge in [0.25, 0.3) is 0 Å². The fourth-order valence-electron chi connectivity index (χ4n) is 3.22. The molecule has 5 nitrogen and oxygen atoms in total. The number of rotatable bonds is 6. The minimum absolute atomic E-state index is 0.0319. The molecule has 1 aliphatic heterocycles. The van der Waals surface area contributed by atoms with Crippen molar-refractivity contribution in [3.8, 4) is 10.4 Å². The molecule has 4 N–H and O–H groups in total. The van der Waals surface area contributed by atoms with Crippen LogP contribution in [0.4, 0.5) is 28.4 Å². The number of thiazole rings is 1. The fraction of sp³-hybridized carbons (Fsp3) is 0.238. The number of benzene rings is 1. The van der Waals surface area contributed by atoms with Gasteiger partial charge in [-0.15, -0.1) is 0 Å². The highest BCUT2D eigenvalue weighted by molar-refractivity contribution is 7.18. The Balaban J connectivity index is 1.35. The summed E-state index contributed by atoms with van der Waals surface area (Å²) in [5.74, 6) is -1.42. The van der Waals surface area contributed by atoms with E-state index in [-0.39, 0.29) is 24.4 Å². The standard InChI is InChI=1S/C21H16F4N4OS/c22-16-6-11(1-3-15(16)21(23,24)25)5-14(26)9-27-20-28-10-18(31-20)12-2-4-17-13(7-12)8-19(30)29-17/h2,4,6-7,10,14H,5,8-9,26H2,(H,27,28)(H,29,30). The van der Waals surface area contributed by atoms with Crippen LogP contribution in [0.2, 0.25) is 0 Å². The highest BCUT2D eigenvalue weighted by Crippen LogP contribution is 2.33. The number of nitrogens with two attached hydrogens (primary N) is 1. The van der Waals surface area contributed by atoms with Crippen LogP contribution < -0.4 is 16.4 Å². The zero-order valence-electron chi connectivity index (χ0n) is 15.9. The molecule has 0 fully saturated rings. The highest BCUT2D eigenvalue weighted by atomic mass is 32.1. The fourth-order valence-corrected chi connectivity index (χ4v) is 4.04.